The Morgan fingerprint density at radius 3 is 2.67 bits per heavy atom. The number of hydrogen-bond acceptors (Lipinski definition) is 2. The van der Waals surface area contributed by atoms with Crippen molar-refractivity contribution in [3.63, 3.8) is 0 Å². The monoisotopic (exact) mass is 83.1 g/mol. The molecule has 0 aromatic heterocycles. The number of hydrazine groups is 1. The van der Waals surface area contributed by atoms with Crippen LogP contribution in [0.3, 0.4) is 0 Å². The minimum Gasteiger partial charge on any atom is -0.318 e. The van der Waals surface area contributed by atoms with Gasteiger partial charge in [-0.3, -0.25) is 0 Å². The first-order valence-electron chi connectivity index (χ1n) is 1.88. The highest BCUT2D eigenvalue weighted by atomic mass is 15.5. The van der Waals surface area contributed by atoms with E-state index in [9.17, 15) is 0 Å². The predicted octanol–water partition coefficient (Wildman–Crippen LogP) is 0.112. The zero-order chi connectivity index (χ0) is 4.41. The van der Waals surface area contributed by atoms with Crippen molar-refractivity contribution in [1.29, 1.82) is 0 Å². The van der Waals surface area contributed by atoms with Crippen molar-refractivity contribution in [2.45, 2.75) is 0 Å². The van der Waals surface area contributed by atoms with Gasteiger partial charge in [-0.25, -0.2) is 5.43 Å². The lowest BCUT2D eigenvalue weighted by atomic mass is 10.7. The van der Waals surface area contributed by atoms with Crippen molar-refractivity contribution in [2.75, 3.05) is 7.05 Å². The van der Waals surface area contributed by atoms with Crippen LogP contribution in [0.5, 0.6) is 0 Å². The van der Waals surface area contributed by atoms with Gasteiger partial charge in [0, 0.05) is 13.2 Å². The van der Waals surface area contributed by atoms with E-state index in [-0.39, 0.29) is 0 Å². The molecule has 2 heteroatoms. The minimum absolute atomic E-state index is 1.88. The standard InChI is InChI=1S/C4H7N2/c1-6-4-2-3-5-6/h2-5H,1H3. The van der Waals surface area contributed by atoms with Gasteiger partial charge in [-0.15, -0.1) is 0 Å². The largest absolute Gasteiger partial charge is 0.318 e. The van der Waals surface area contributed by atoms with Crippen LogP contribution in [-0.2, 0) is 0 Å². The molecular formula is C4H7N2. The van der Waals surface area contributed by atoms with E-state index in [1.165, 1.54) is 0 Å². The van der Waals surface area contributed by atoms with Crippen molar-refractivity contribution < 1.29 is 0 Å². The lowest BCUT2D eigenvalue weighted by Gasteiger charge is -2.04. The molecule has 0 bridgehead atoms. The van der Waals surface area contributed by atoms with Crippen LogP contribution in [0.25, 0.3) is 0 Å². The summed E-state index contributed by atoms with van der Waals surface area (Å²) >= 11 is 0. The second kappa shape index (κ2) is 1.30. The number of nitrogens with one attached hydrogen (secondary N) is 1. The third-order valence-corrected chi connectivity index (χ3v) is 0.684. The average molecular weight is 83.1 g/mol. The second-order valence-electron chi connectivity index (χ2n) is 1.25. The Morgan fingerprint density at radius 2 is 2.50 bits per heavy atom. The topological polar surface area (TPSA) is 15.3 Å². The molecule has 1 N–H and O–H groups in total. The molecule has 0 aromatic rings. The van der Waals surface area contributed by atoms with Crippen LogP contribution in [0, 0.1) is 6.54 Å². The highest BCUT2D eigenvalue weighted by Gasteiger charge is 1.91. The Morgan fingerprint density at radius 1 is 1.67 bits per heavy atom. The molecule has 1 aliphatic rings. The Kier molecular flexibility index (Phi) is 0.801. The molecule has 0 saturated heterocycles. The maximum absolute atomic E-state index is 2.92. The fraction of sp³-hybridized carbons (Fsp3) is 0.250. The lowest BCUT2D eigenvalue weighted by Crippen LogP contribution is -2.20. The molecule has 0 aromatic carbocycles. The molecule has 0 unspecified atom stereocenters. The minimum atomic E-state index is 1.88. The molecule has 1 radical (unpaired) electrons. The van der Waals surface area contributed by atoms with Crippen LogP contribution in [-0.4, -0.2) is 12.1 Å². The molecule has 1 aliphatic heterocycles. The summed E-state index contributed by atoms with van der Waals surface area (Å²) in [5.74, 6) is 0. The van der Waals surface area contributed by atoms with Crippen molar-refractivity contribution in [3.8, 4) is 0 Å². The number of nitrogens with zero attached hydrogens (tertiary/aromatic N) is 1. The Balaban J connectivity index is 2.38. The molecule has 1 rings (SSSR count). The quantitative estimate of drug-likeness (QED) is 0.447. The Hall–Kier alpha value is -0.500. The molecule has 0 spiro atoms. The molecular weight excluding hydrogens is 76.1 g/mol. The summed E-state index contributed by atoms with van der Waals surface area (Å²) in [4.78, 5) is 0. The van der Waals surface area contributed by atoms with E-state index in [1.54, 1.807) is 0 Å². The van der Waals surface area contributed by atoms with Gasteiger partial charge in [0.05, 0.1) is 6.54 Å². The highest BCUT2D eigenvalue weighted by molar-refractivity contribution is 4.96. The van der Waals surface area contributed by atoms with Gasteiger partial charge < -0.3 is 5.01 Å². The van der Waals surface area contributed by atoms with Gasteiger partial charge in [0.25, 0.3) is 0 Å². The molecule has 2 nitrogen and oxygen atoms in total. The van der Waals surface area contributed by atoms with Gasteiger partial charge in [0.1, 0.15) is 0 Å². The second-order valence-corrected chi connectivity index (χ2v) is 1.25. The van der Waals surface area contributed by atoms with Gasteiger partial charge in [-0.2, -0.15) is 0 Å². The molecule has 33 valence electrons. The summed E-state index contributed by atoms with van der Waals surface area (Å²) in [6.07, 6.45) is 3.89. The maximum Gasteiger partial charge on any atom is 0.0667 e. The normalized spacial score (nSPS) is 19.8. The Labute approximate surface area is 37.4 Å². The fourth-order valence-electron chi connectivity index (χ4n) is 0.376. The van der Waals surface area contributed by atoms with Crippen LogP contribution >= 0.6 is 0 Å². The molecule has 0 amide bonds. The van der Waals surface area contributed by atoms with E-state index in [4.69, 9.17) is 0 Å². The highest BCUT2D eigenvalue weighted by Crippen LogP contribution is 1.88. The molecule has 0 fully saturated rings. The summed E-state index contributed by atoms with van der Waals surface area (Å²) in [7, 11) is 1.94. The van der Waals surface area contributed by atoms with Crippen LogP contribution in [0.1, 0.15) is 0 Å². The van der Waals surface area contributed by atoms with E-state index in [2.05, 4.69) is 5.43 Å². The van der Waals surface area contributed by atoms with E-state index in [0.29, 0.717) is 0 Å². The smallest absolute Gasteiger partial charge is 0.0667 e. The first kappa shape index (κ1) is 3.68. The molecule has 1 heterocycles. The van der Waals surface area contributed by atoms with Crippen LogP contribution in [0.15, 0.2) is 12.3 Å². The van der Waals surface area contributed by atoms with Crippen LogP contribution in [0.2, 0.25) is 0 Å². The van der Waals surface area contributed by atoms with Crippen molar-refractivity contribution in [3.05, 3.63) is 18.8 Å². The fourth-order valence-corrected chi connectivity index (χ4v) is 0.376. The molecule has 0 aliphatic carbocycles. The maximum atomic E-state index is 2.92. The summed E-state index contributed by atoms with van der Waals surface area (Å²) in [5.41, 5.74) is 2.92. The van der Waals surface area contributed by atoms with E-state index >= 15 is 0 Å². The molecule has 0 saturated carbocycles. The van der Waals surface area contributed by atoms with Gasteiger partial charge in [-0.1, -0.05) is 0 Å². The summed E-state index contributed by atoms with van der Waals surface area (Å²) < 4.78 is 0. The van der Waals surface area contributed by atoms with Gasteiger partial charge >= 0.3 is 0 Å². The van der Waals surface area contributed by atoms with Crippen LogP contribution < -0.4 is 5.43 Å². The van der Waals surface area contributed by atoms with Gasteiger partial charge in [-0.05, 0) is 6.08 Å². The average Bonchev–Trinajstić information content (AvgIpc) is 1.86. The molecule has 6 heavy (non-hydrogen) atoms. The lowest BCUT2D eigenvalue weighted by molar-refractivity contribution is 0.395. The van der Waals surface area contributed by atoms with Gasteiger partial charge in [0.15, 0.2) is 0 Å². The first-order chi connectivity index (χ1) is 2.89. The van der Waals surface area contributed by atoms with E-state index < -0.39 is 0 Å². The summed E-state index contributed by atoms with van der Waals surface area (Å²) in [5, 5.41) is 1.88. The number of hydrogen-bond donors (Lipinski definition) is 1. The Bertz CT molecular complexity index is 67.9. The molecule has 0 atom stereocenters. The first-order valence-corrected chi connectivity index (χ1v) is 1.88. The van der Waals surface area contributed by atoms with Crippen LogP contribution in [0.4, 0.5) is 0 Å². The van der Waals surface area contributed by atoms with Gasteiger partial charge in [0.2, 0.25) is 0 Å². The summed E-state index contributed by atoms with van der Waals surface area (Å²) in [6.45, 7) is 1.88. The third kappa shape index (κ3) is 0.518. The van der Waals surface area contributed by atoms with Crippen molar-refractivity contribution >= 4 is 0 Å². The van der Waals surface area contributed by atoms with Crippen molar-refractivity contribution in [1.82, 2.24) is 10.4 Å². The zero-order valence-corrected chi connectivity index (χ0v) is 3.68. The third-order valence-electron chi connectivity index (χ3n) is 0.684. The zero-order valence-electron chi connectivity index (χ0n) is 3.68. The summed E-state index contributed by atoms with van der Waals surface area (Å²) in [6, 6.07) is 0. The predicted molar refractivity (Wildman–Crippen MR) is 24.3 cm³/mol. The number of rotatable bonds is 0. The van der Waals surface area contributed by atoms with Crippen molar-refractivity contribution in [2.24, 2.45) is 0 Å². The SMILES string of the molecule is CN1C=C[CH]N1. The van der Waals surface area contributed by atoms with E-state index in [0.717, 1.165) is 0 Å². The van der Waals surface area contributed by atoms with E-state index in [1.807, 2.05) is 30.9 Å².